The molecule has 2 atom stereocenters. The molecule has 1 aliphatic carbocycles. The SMILES string of the molecule is CCC(C)NC(=O)/C(C#N)=C\NC(C)c1ccc2c(c1)CCCC2. The molecule has 0 saturated heterocycles. The third-order valence-corrected chi connectivity index (χ3v) is 4.71. The van der Waals surface area contributed by atoms with Crippen LogP contribution in [0.2, 0.25) is 0 Å². The van der Waals surface area contributed by atoms with Gasteiger partial charge in [0.2, 0.25) is 0 Å². The Morgan fingerprint density at radius 2 is 2.00 bits per heavy atom. The third-order valence-electron chi connectivity index (χ3n) is 4.71. The van der Waals surface area contributed by atoms with Crippen LogP contribution in [0.4, 0.5) is 0 Å². The van der Waals surface area contributed by atoms with Gasteiger partial charge in [0.15, 0.2) is 0 Å². The summed E-state index contributed by atoms with van der Waals surface area (Å²) in [4.78, 5) is 12.0. The topological polar surface area (TPSA) is 64.9 Å². The van der Waals surface area contributed by atoms with Crippen LogP contribution in [0, 0.1) is 11.3 Å². The standard InChI is InChI=1S/C20H27N3O/c1-4-14(2)23-20(24)19(12-21)13-22-15(3)17-10-9-16-7-5-6-8-18(16)11-17/h9-11,13-15,22H,4-8H2,1-3H3,(H,23,24)/b19-13-. The molecule has 1 amide bonds. The molecule has 0 aliphatic heterocycles. The number of fused-ring (bicyclic) bond motifs is 1. The average molecular weight is 325 g/mol. The second-order valence-corrected chi connectivity index (χ2v) is 6.58. The molecule has 2 unspecified atom stereocenters. The van der Waals surface area contributed by atoms with E-state index in [1.165, 1.54) is 42.2 Å². The molecule has 2 N–H and O–H groups in total. The van der Waals surface area contributed by atoms with E-state index in [4.69, 9.17) is 0 Å². The maximum atomic E-state index is 12.0. The minimum absolute atomic E-state index is 0.0528. The number of amides is 1. The second-order valence-electron chi connectivity index (χ2n) is 6.58. The molecule has 1 aromatic carbocycles. The molecule has 1 aliphatic rings. The Balaban J connectivity index is 2.04. The average Bonchev–Trinajstić information content (AvgIpc) is 2.61. The molecule has 0 bridgehead atoms. The Labute approximate surface area is 144 Å². The zero-order valence-corrected chi connectivity index (χ0v) is 14.9. The molecule has 0 radical (unpaired) electrons. The maximum Gasteiger partial charge on any atom is 0.263 e. The molecule has 4 nitrogen and oxygen atoms in total. The fraction of sp³-hybridized carbons (Fsp3) is 0.500. The second kappa shape index (κ2) is 8.54. The highest BCUT2D eigenvalue weighted by Gasteiger charge is 2.14. The van der Waals surface area contributed by atoms with Gasteiger partial charge in [-0.1, -0.05) is 25.1 Å². The molecule has 4 heteroatoms. The Bertz CT molecular complexity index is 657. The van der Waals surface area contributed by atoms with E-state index in [1.807, 2.05) is 26.8 Å². The number of carbonyl (C=O) groups excluding carboxylic acids is 1. The molecule has 0 spiro atoms. The Morgan fingerprint density at radius 3 is 2.67 bits per heavy atom. The van der Waals surface area contributed by atoms with E-state index < -0.39 is 0 Å². The van der Waals surface area contributed by atoms with Crippen LogP contribution in [0.1, 0.15) is 62.8 Å². The number of benzene rings is 1. The first kappa shape index (κ1) is 18.1. The van der Waals surface area contributed by atoms with Crippen molar-refractivity contribution >= 4 is 5.91 Å². The summed E-state index contributed by atoms with van der Waals surface area (Å²) in [6, 6.07) is 8.70. The predicted molar refractivity (Wildman–Crippen MR) is 96.2 cm³/mol. The Morgan fingerprint density at radius 1 is 1.29 bits per heavy atom. The Hall–Kier alpha value is -2.28. The van der Waals surface area contributed by atoms with Gasteiger partial charge in [-0.05, 0) is 62.6 Å². The monoisotopic (exact) mass is 325 g/mol. The lowest BCUT2D eigenvalue weighted by atomic mass is 9.89. The lowest BCUT2D eigenvalue weighted by Crippen LogP contribution is -2.33. The number of carbonyl (C=O) groups is 1. The summed E-state index contributed by atoms with van der Waals surface area (Å²) >= 11 is 0. The number of nitrogens with one attached hydrogen (secondary N) is 2. The lowest BCUT2D eigenvalue weighted by Gasteiger charge is -2.19. The fourth-order valence-corrected chi connectivity index (χ4v) is 2.88. The van der Waals surface area contributed by atoms with Gasteiger partial charge in [0.25, 0.3) is 5.91 Å². The number of hydrogen-bond acceptors (Lipinski definition) is 3. The minimum Gasteiger partial charge on any atom is -0.383 e. The van der Waals surface area contributed by atoms with Gasteiger partial charge in [-0.3, -0.25) is 4.79 Å². The van der Waals surface area contributed by atoms with E-state index in [0.29, 0.717) is 0 Å². The van der Waals surface area contributed by atoms with E-state index in [9.17, 15) is 10.1 Å². The minimum atomic E-state index is -0.322. The summed E-state index contributed by atoms with van der Waals surface area (Å²) in [5, 5.41) is 15.2. The zero-order chi connectivity index (χ0) is 17.5. The first-order valence-electron chi connectivity index (χ1n) is 8.84. The van der Waals surface area contributed by atoms with Crippen LogP contribution >= 0.6 is 0 Å². The van der Waals surface area contributed by atoms with Crippen molar-refractivity contribution in [3.05, 3.63) is 46.7 Å². The molecule has 0 heterocycles. The van der Waals surface area contributed by atoms with Gasteiger partial charge in [-0.15, -0.1) is 0 Å². The van der Waals surface area contributed by atoms with E-state index >= 15 is 0 Å². The van der Waals surface area contributed by atoms with Crippen LogP contribution in [0.3, 0.4) is 0 Å². The van der Waals surface area contributed by atoms with Crippen LogP contribution in [-0.2, 0) is 17.6 Å². The fourth-order valence-electron chi connectivity index (χ4n) is 2.88. The number of hydrogen-bond donors (Lipinski definition) is 2. The molecular weight excluding hydrogens is 298 g/mol. The van der Waals surface area contributed by atoms with Crippen molar-refractivity contribution in [3.8, 4) is 6.07 Å². The number of nitrogens with zero attached hydrogens (tertiary/aromatic N) is 1. The van der Waals surface area contributed by atoms with Gasteiger partial charge in [-0.25, -0.2) is 0 Å². The molecule has 0 saturated carbocycles. The third kappa shape index (κ3) is 4.61. The molecule has 2 rings (SSSR count). The predicted octanol–water partition coefficient (Wildman–Crippen LogP) is 3.54. The van der Waals surface area contributed by atoms with Gasteiger partial charge in [-0.2, -0.15) is 5.26 Å². The first-order valence-corrected chi connectivity index (χ1v) is 8.84. The van der Waals surface area contributed by atoms with E-state index in [-0.39, 0.29) is 23.6 Å². The number of nitriles is 1. The number of rotatable bonds is 6. The summed E-state index contributed by atoms with van der Waals surface area (Å²) in [6.07, 6.45) is 7.22. The Kier molecular flexibility index (Phi) is 6.43. The van der Waals surface area contributed by atoms with Gasteiger partial charge in [0, 0.05) is 18.3 Å². The van der Waals surface area contributed by atoms with Crippen LogP contribution < -0.4 is 10.6 Å². The highest BCUT2D eigenvalue weighted by atomic mass is 16.1. The molecule has 24 heavy (non-hydrogen) atoms. The van der Waals surface area contributed by atoms with Crippen LogP contribution in [0.25, 0.3) is 0 Å². The van der Waals surface area contributed by atoms with Crippen molar-refractivity contribution in [1.82, 2.24) is 10.6 Å². The van der Waals surface area contributed by atoms with Crippen LogP contribution in [0.15, 0.2) is 30.0 Å². The quantitative estimate of drug-likeness (QED) is 0.621. The van der Waals surface area contributed by atoms with Crippen molar-refractivity contribution in [1.29, 1.82) is 5.26 Å². The number of aryl methyl sites for hydroxylation is 2. The van der Waals surface area contributed by atoms with Gasteiger partial charge < -0.3 is 10.6 Å². The van der Waals surface area contributed by atoms with Crippen molar-refractivity contribution in [2.45, 2.75) is 65.0 Å². The molecule has 0 aromatic heterocycles. The summed E-state index contributed by atoms with van der Waals surface area (Å²) in [7, 11) is 0. The van der Waals surface area contributed by atoms with Crippen molar-refractivity contribution in [2.75, 3.05) is 0 Å². The van der Waals surface area contributed by atoms with Crippen LogP contribution in [-0.4, -0.2) is 11.9 Å². The summed E-state index contributed by atoms with van der Waals surface area (Å²) < 4.78 is 0. The summed E-state index contributed by atoms with van der Waals surface area (Å²) in [5.41, 5.74) is 4.19. The molecule has 1 aromatic rings. The zero-order valence-electron chi connectivity index (χ0n) is 14.9. The van der Waals surface area contributed by atoms with Crippen molar-refractivity contribution in [2.24, 2.45) is 0 Å². The summed E-state index contributed by atoms with van der Waals surface area (Å²) in [6.45, 7) is 5.97. The highest BCUT2D eigenvalue weighted by molar-refractivity contribution is 5.97. The van der Waals surface area contributed by atoms with Gasteiger partial charge in [0.1, 0.15) is 11.6 Å². The largest absolute Gasteiger partial charge is 0.383 e. The first-order chi connectivity index (χ1) is 11.5. The van der Waals surface area contributed by atoms with Gasteiger partial charge >= 0.3 is 0 Å². The van der Waals surface area contributed by atoms with E-state index in [2.05, 4.69) is 28.8 Å². The van der Waals surface area contributed by atoms with Crippen LogP contribution in [0.5, 0.6) is 0 Å². The van der Waals surface area contributed by atoms with Crippen molar-refractivity contribution in [3.63, 3.8) is 0 Å². The smallest absolute Gasteiger partial charge is 0.263 e. The molecule has 0 fully saturated rings. The molecule has 128 valence electrons. The normalized spacial score (nSPS) is 16.5. The van der Waals surface area contributed by atoms with E-state index in [0.717, 1.165) is 12.8 Å². The van der Waals surface area contributed by atoms with Gasteiger partial charge in [0.05, 0.1) is 0 Å². The molecular formula is C20H27N3O. The van der Waals surface area contributed by atoms with Crippen molar-refractivity contribution < 1.29 is 4.79 Å². The summed E-state index contributed by atoms with van der Waals surface area (Å²) in [5.74, 6) is -0.322. The lowest BCUT2D eigenvalue weighted by molar-refractivity contribution is -0.117. The highest BCUT2D eigenvalue weighted by Crippen LogP contribution is 2.24. The maximum absolute atomic E-state index is 12.0. The van der Waals surface area contributed by atoms with E-state index in [1.54, 1.807) is 0 Å².